The highest BCUT2D eigenvalue weighted by Gasteiger charge is 2.22. The summed E-state index contributed by atoms with van der Waals surface area (Å²) in [5, 5.41) is 15.6. The largest absolute Gasteiger partial charge is 0.487 e. The molecule has 9 nitrogen and oxygen atoms in total. The third-order valence-electron chi connectivity index (χ3n) is 2.42. The average Bonchev–Trinajstić information content (AvgIpc) is 2.36. The molecule has 0 bridgehead atoms. The molecule has 2 N–H and O–H groups in total. The lowest BCUT2D eigenvalue weighted by Crippen LogP contribution is -2.23. The summed E-state index contributed by atoms with van der Waals surface area (Å²) in [6.45, 7) is 1.70. The predicted molar refractivity (Wildman–Crippen MR) is 74.3 cm³/mol. The summed E-state index contributed by atoms with van der Waals surface area (Å²) < 4.78 is 50.6. The van der Waals surface area contributed by atoms with Crippen LogP contribution < -0.4 is 9.88 Å². The molecule has 0 aliphatic rings. The van der Waals surface area contributed by atoms with Gasteiger partial charge in [-0.3, -0.25) is 10.1 Å². The lowest BCUT2D eigenvalue weighted by atomic mass is 10.3. The first-order valence-electron chi connectivity index (χ1n) is 5.71. The van der Waals surface area contributed by atoms with E-state index in [2.05, 4.69) is 0 Å². The molecule has 1 aromatic carbocycles. The van der Waals surface area contributed by atoms with Crippen molar-refractivity contribution in [1.29, 1.82) is 0 Å². The van der Waals surface area contributed by atoms with Crippen LogP contribution in [0.2, 0.25) is 0 Å². The first-order valence-corrected chi connectivity index (χ1v) is 9.08. The Balaban J connectivity index is 3.19. The highest BCUT2D eigenvalue weighted by atomic mass is 32.2. The number of hydrogen-bond acceptors (Lipinski definition) is 7. The molecule has 0 atom stereocenters. The van der Waals surface area contributed by atoms with Gasteiger partial charge < -0.3 is 4.74 Å². The van der Waals surface area contributed by atoms with Crippen molar-refractivity contribution >= 4 is 25.5 Å². The monoisotopic (exact) mass is 338 g/mol. The Labute approximate surface area is 121 Å². The van der Waals surface area contributed by atoms with Crippen LogP contribution in [0.3, 0.4) is 0 Å². The lowest BCUT2D eigenvalue weighted by molar-refractivity contribution is -0.385. The molecule has 0 fully saturated rings. The minimum atomic E-state index is -3.94. The Morgan fingerprint density at radius 2 is 1.86 bits per heavy atom. The SMILES string of the molecule is CCOc1cc(S(=O)(=O)CCS(N)(=O)=O)ccc1[N+](=O)[O-]. The van der Waals surface area contributed by atoms with Gasteiger partial charge >= 0.3 is 5.69 Å². The number of nitro benzene ring substituents is 1. The van der Waals surface area contributed by atoms with Gasteiger partial charge in [0.25, 0.3) is 0 Å². The number of sulfonamides is 1. The summed E-state index contributed by atoms with van der Waals surface area (Å²) in [6.07, 6.45) is 0. The van der Waals surface area contributed by atoms with Gasteiger partial charge in [-0.05, 0) is 13.0 Å². The third-order valence-corrected chi connectivity index (χ3v) is 5.17. The first-order chi connectivity index (χ1) is 9.57. The third kappa shape index (κ3) is 4.95. The van der Waals surface area contributed by atoms with Crippen LogP contribution in [-0.4, -0.2) is 39.9 Å². The molecule has 0 spiro atoms. The van der Waals surface area contributed by atoms with E-state index < -0.39 is 36.3 Å². The van der Waals surface area contributed by atoms with Gasteiger partial charge in [-0.1, -0.05) is 0 Å². The lowest BCUT2D eigenvalue weighted by Gasteiger charge is -2.08. The van der Waals surface area contributed by atoms with Gasteiger partial charge in [0, 0.05) is 12.1 Å². The van der Waals surface area contributed by atoms with Gasteiger partial charge in [-0.25, -0.2) is 22.0 Å². The van der Waals surface area contributed by atoms with E-state index in [1.54, 1.807) is 6.92 Å². The van der Waals surface area contributed by atoms with E-state index >= 15 is 0 Å². The Morgan fingerprint density at radius 1 is 1.24 bits per heavy atom. The van der Waals surface area contributed by atoms with Crippen LogP contribution in [0, 0.1) is 10.1 Å². The van der Waals surface area contributed by atoms with Crippen LogP contribution >= 0.6 is 0 Å². The molecule has 0 aliphatic heterocycles. The van der Waals surface area contributed by atoms with Crippen molar-refractivity contribution in [2.24, 2.45) is 5.14 Å². The van der Waals surface area contributed by atoms with Gasteiger partial charge in [-0.15, -0.1) is 0 Å². The topological polar surface area (TPSA) is 147 Å². The molecule has 0 aliphatic carbocycles. The van der Waals surface area contributed by atoms with Gasteiger partial charge in [0.15, 0.2) is 15.6 Å². The number of primary sulfonamides is 1. The summed E-state index contributed by atoms with van der Waals surface area (Å²) in [7, 11) is -7.86. The number of ether oxygens (including phenoxy) is 1. The maximum absolute atomic E-state index is 12.0. The first kappa shape index (κ1) is 17.3. The highest BCUT2D eigenvalue weighted by molar-refractivity contribution is 7.94. The average molecular weight is 338 g/mol. The van der Waals surface area contributed by atoms with Crippen molar-refractivity contribution in [2.45, 2.75) is 11.8 Å². The number of sulfone groups is 1. The Morgan fingerprint density at radius 3 is 2.33 bits per heavy atom. The maximum atomic E-state index is 12.0. The van der Waals surface area contributed by atoms with E-state index in [1.165, 1.54) is 0 Å². The van der Waals surface area contributed by atoms with E-state index in [0.717, 1.165) is 18.2 Å². The van der Waals surface area contributed by atoms with Crippen molar-refractivity contribution in [3.8, 4) is 5.75 Å². The second-order valence-corrected chi connectivity index (χ2v) is 7.85. The molecule has 1 rings (SSSR count). The summed E-state index contributed by atoms with van der Waals surface area (Å²) in [4.78, 5) is 9.83. The van der Waals surface area contributed by atoms with Gasteiger partial charge in [0.1, 0.15) is 0 Å². The van der Waals surface area contributed by atoms with Crippen molar-refractivity contribution in [3.05, 3.63) is 28.3 Å². The zero-order valence-corrected chi connectivity index (χ0v) is 12.7. The summed E-state index contributed by atoms with van der Waals surface area (Å²) in [6, 6.07) is 3.02. The zero-order valence-electron chi connectivity index (χ0n) is 11.1. The minimum Gasteiger partial charge on any atom is -0.487 e. The zero-order chi connectivity index (χ0) is 16.3. The van der Waals surface area contributed by atoms with Gasteiger partial charge in [0.2, 0.25) is 10.0 Å². The summed E-state index contributed by atoms with van der Waals surface area (Å²) in [5.74, 6) is -1.65. The smallest absolute Gasteiger partial charge is 0.311 e. The molecule has 21 heavy (non-hydrogen) atoms. The molecule has 0 unspecified atom stereocenters. The molecular weight excluding hydrogens is 324 g/mol. The Hall–Kier alpha value is -1.72. The highest BCUT2D eigenvalue weighted by Crippen LogP contribution is 2.30. The quantitative estimate of drug-likeness (QED) is 0.546. The minimum absolute atomic E-state index is 0.113. The van der Waals surface area contributed by atoms with Crippen LogP contribution in [0.5, 0.6) is 5.75 Å². The molecule has 0 saturated heterocycles. The van der Waals surface area contributed by atoms with Crippen molar-refractivity contribution in [1.82, 2.24) is 0 Å². The van der Waals surface area contributed by atoms with Gasteiger partial charge in [-0.2, -0.15) is 0 Å². The van der Waals surface area contributed by atoms with Crippen molar-refractivity contribution in [2.75, 3.05) is 18.1 Å². The van der Waals surface area contributed by atoms with Crippen molar-refractivity contribution < 1.29 is 26.5 Å². The fraction of sp³-hybridized carbons (Fsp3) is 0.400. The normalized spacial score (nSPS) is 12.1. The fourth-order valence-electron chi connectivity index (χ4n) is 1.45. The molecule has 0 heterocycles. The molecule has 0 radical (unpaired) electrons. The number of nitrogens with zero attached hydrogens (tertiary/aromatic N) is 1. The second kappa shape index (κ2) is 6.37. The van der Waals surface area contributed by atoms with Crippen LogP contribution in [0.15, 0.2) is 23.1 Å². The van der Waals surface area contributed by atoms with Crippen LogP contribution in [0.1, 0.15) is 6.92 Å². The summed E-state index contributed by atoms with van der Waals surface area (Å²) >= 11 is 0. The van der Waals surface area contributed by atoms with Crippen LogP contribution in [-0.2, 0) is 19.9 Å². The second-order valence-electron chi connectivity index (χ2n) is 4.01. The number of rotatable bonds is 7. The molecular formula is C10H14N2O7S2. The van der Waals surface area contributed by atoms with E-state index in [9.17, 15) is 26.9 Å². The van der Waals surface area contributed by atoms with Crippen LogP contribution in [0.25, 0.3) is 0 Å². The number of nitrogens with two attached hydrogens (primary N) is 1. The van der Waals surface area contributed by atoms with E-state index in [0.29, 0.717) is 0 Å². The molecule has 0 amide bonds. The molecule has 0 saturated carbocycles. The summed E-state index contributed by atoms with van der Waals surface area (Å²) in [5.41, 5.74) is -0.373. The van der Waals surface area contributed by atoms with Crippen molar-refractivity contribution in [3.63, 3.8) is 0 Å². The number of hydrogen-bond donors (Lipinski definition) is 1. The van der Waals surface area contributed by atoms with Crippen LogP contribution in [0.4, 0.5) is 5.69 Å². The predicted octanol–water partition coefficient (Wildman–Crippen LogP) is 0.0557. The van der Waals surface area contributed by atoms with E-state index in [1.807, 2.05) is 0 Å². The molecule has 0 aromatic heterocycles. The van der Waals surface area contributed by atoms with Gasteiger partial charge in [0.05, 0.1) is 27.9 Å². The Bertz CT molecular complexity index is 741. The molecule has 118 valence electrons. The number of benzene rings is 1. The van der Waals surface area contributed by atoms with E-state index in [4.69, 9.17) is 9.88 Å². The number of nitro groups is 1. The fourth-order valence-corrected chi connectivity index (χ4v) is 4.06. The molecule has 11 heteroatoms. The standard InChI is InChI=1S/C10H14N2O7S2/c1-2-19-10-7-8(3-4-9(10)12(13)14)20(15,16)5-6-21(11,17)18/h3-4,7H,2,5-6H2,1H3,(H2,11,17,18). The maximum Gasteiger partial charge on any atom is 0.311 e. The Kier molecular flexibility index (Phi) is 5.25. The molecule has 1 aromatic rings. The van der Waals surface area contributed by atoms with E-state index in [-0.39, 0.29) is 22.9 Å².